The smallest absolute Gasteiger partial charge is 0.240 e. The quantitative estimate of drug-likeness (QED) is 0.248. The lowest BCUT2D eigenvalue weighted by Gasteiger charge is -2.36. The number of hydrogen-bond donors (Lipinski definition) is 0. The summed E-state index contributed by atoms with van der Waals surface area (Å²) in [7, 11) is -2.10. The van der Waals surface area contributed by atoms with Crippen LogP contribution in [0, 0.1) is 36.8 Å². The van der Waals surface area contributed by atoms with Crippen molar-refractivity contribution in [1.29, 1.82) is 0 Å². The minimum atomic E-state index is -2.10. The number of hydrogen-bond acceptors (Lipinski definition) is 4. The summed E-state index contributed by atoms with van der Waals surface area (Å²) in [6.07, 6.45) is 2.17. The Labute approximate surface area is 237 Å². The van der Waals surface area contributed by atoms with Gasteiger partial charge in [-0.1, -0.05) is 81.4 Å². The lowest BCUT2D eigenvalue weighted by molar-refractivity contribution is 0.0575. The van der Waals surface area contributed by atoms with E-state index in [0.717, 1.165) is 11.8 Å². The van der Waals surface area contributed by atoms with Crippen LogP contribution < -0.4 is 15.1 Å². The van der Waals surface area contributed by atoms with Gasteiger partial charge in [0.05, 0.1) is 24.6 Å². The van der Waals surface area contributed by atoms with E-state index in [1.165, 1.54) is 22.5 Å². The molecule has 1 aliphatic rings. The molecule has 0 spiro atoms. The average molecular weight is 559 g/mol. The van der Waals surface area contributed by atoms with Crippen molar-refractivity contribution < 1.29 is 17.9 Å². The second-order valence-electron chi connectivity index (χ2n) is 11.9. The van der Waals surface area contributed by atoms with E-state index >= 15 is 0 Å². The maximum absolute atomic E-state index is 14.5. The summed E-state index contributed by atoms with van der Waals surface area (Å²) in [6, 6.07) is 24.5. The van der Waals surface area contributed by atoms with Gasteiger partial charge in [0, 0.05) is 11.5 Å². The van der Waals surface area contributed by atoms with E-state index in [-0.39, 0.29) is 24.0 Å². The number of aromatic nitrogens is 2. The molecule has 1 fully saturated rings. The minimum Gasteiger partial charge on any atom is -0.489 e. The van der Waals surface area contributed by atoms with Gasteiger partial charge in [-0.15, -0.1) is 0 Å². The zero-order chi connectivity index (χ0) is 28.5. The van der Waals surface area contributed by atoms with Gasteiger partial charge in [0.15, 0.2) is 5.75 Å². The van der Waals surface area contributed by atoms with Crippen molar-refractivity contribution in [2.24, 2.45) is 11.3 Å². The maximum atomic E-state index is 14.5. The molecule has 0 bridgehead atoms. The van der Waals surface area contributed by atoms with Gasteiger partial charge in [-0.05, 0) is 59.7 Å². The first-order valence-electron chi connectivity index (χ1n) is 13.7. The van der Waals surface area contributed by atoms with Gasteiger partial charge in [0.2, 0.25) is 9.04 Å². The molecule has 0 saturated heterocycles. The SMILES string of the molecule is Cc1ncc(OC[C@@]2(c3cc(F)cc(F)c3)C[C@H]2C(O[SiH](c2ccccc2)c2ccccc2)C(C)(C)C)c(C)n1. The number of nitrogens with zero attached hydrogens (tertiary/aromatic N) is 2. The fourth-order valence-electron chi connectivity index (χ4n) is 5.73. The molecule has 3 atom stereocenters. The molecule has 1 aromatic heterocycles. The molecule has 208 valence electrons. The standard InChI is InChI=1S/C33H36F2N2O2Si/c1-22-30(20-36-23(2)37-22)38-21-33(24-16-25(34)18-26(35)17-24)19-29(33)31(32(3,4)5)39-40(27-12-8-6-9-13-27)28-14-10-7-11-15-28/h6-18,20,29,31,40H,19,21H2,1-5H3/t29-,31?,33+/m0/s1. The Hall–Kier alpha value is -3.42. The number of benzene rings is 3. The Kier molecular flexibility index (Phi) is 7.89. The van der Waals surface area contributed by atoms with Gasteiger partial charge >= 0.3 is 0 Å². The highest BCUT2D eigenvalue weighted by Gasteiger charge is 2.62. The Balaban J connectivity index is 1.53. The average Bonchev–Trinajstić information content (AvgIpc) is 3.63. The number of aryl methyl sites for hydroxylation is 2. The molecule has 0 aliphatic heterocycles. The van der Waals surface area contributed by atoms with Gasteiger partial charge in [0.1, 0.15) is 17.5 Å². The molecular weight excluding hydrogens is 522 g/mol. The molecule has 0 N–H and O–H groups in total. The molecule has 4 nitrogen and oxygen atoms in total. The van der Waals surface area contributed by atoms with Crippen molar-refractivity contribution in [3.63, 3.8) is 0 Å². The largest absolute Gasteiger partial charge is 0.489 e. The lowest BCUT2D eigenvalue weighted by Crippen LogP contribution is -2.51. The molecule has 4 aromatic rings. The first kappa shape index (κ1) is 28.1. The van der Waals surface area contributed by atoms with Crippen LogP contribution in [0.3, 0.4) is 0 Å². The predicted octanol–water partition coefficient (Wildman–Crippen LogP) is 5.68. The second kappa shape index (κ2) is 11.2. The first-order chi connectivity index (χ1) is 19.1. The van der Waals surface area contributed by atoms with Gasteiger partial charge in [0.25, 0.3) is 0 Å². The summed E-state index contributed by atoms with van der Waals surface area (Å²) >= 11 is 0. The summed E-state index contributed by atoms with van der Waals surface area (Å²) in [4.78, 5) is 8.71. The van der Waals surface area contributed by atoms with Crippen LogP contribution in [-0.4, -0.2) is 31.7 Å². The molecular formula is C33H36F2N2O2Si. The Morgan fingerprint density at radius 1 is 0.925 bits per heavy atom. The monoisotopic (exact) mass is 558 g/mol. The summed E-state index contributed by atoms with van der Waals surface area (Å²) in [5, 5.41) is 2.38. The molecule has 0 radical (unpaired) electrons. The van der Waals surface area contributed by atoms with E-state index in [1.807, 2.05) is 50.2 Å². The van der Waals surface area contributed by atoms with Crippen LogP contribution in [-0.2, 0) is 9.84 Å². The number of ether oxygens (including phenoxy) is 1. The summed E-state index contributed by atoms with van der Waals surface area (Å²) < 4.78 is 42.6. The first-order valence-corrected chi connectivity index (χ1v) is 15.3. The Morgan fingerprint density at radius 3 is 2.02 bits per heavy atom. The predicted molar refractivity (Wildman–Crippen MR) is 157 cm³/mol. The highest BCUT2D eigenvalue weighted by molar-refractivity contribution is 6.80. The van der Waals surface area contributed by atoms with Crippen molar-refractivity contribution in [3.05, 3.63) is 114 Å². The minimum absolute atomic E-state index is 0.0113. The van der Waals surface area contributed by atoms with Crippen LogP contribution in [0.5, 0.6) is 5.75 Å². The van der Waals surface area contributed by atoms with E-state index in [1.54, 1.807) is 6.20 Å². The van der Waals surface area contributed by atoms with E-state index in [9.17, 15) is 8.78 Å². The van der Waals surface area contributed by atoms with Gasteiger partial charge in [-0.2, -0.15) is 0 Å². The normalized spacial score (nSPS) is 19.4. The van der Waals surface area contributed by atoms with E-state index in [2.05, 4.69) is 55.0 Å². The summed E-state index contributed by atoms with van der Waals surface area (Å²) in [6.45, 7) is 10.5. The second-order valence-corrected chi connectivity index (χ2v) is 14.3. The van der Waals surface area contributed by atoms with E-state index in [0.29, 0.717) is 23.6 Å². The van der Waals surface area contributed by atoms with Crippen molar-refractivity contribution in [1.82, 2.24) is 9.97 Å². The van der Waals surface area contributed by atoms with Gasteiger partial charge in [-0.3, -0.25) is 0 Å². The number of halogens is 2. The summed E-state index contributed by atoms with van der Waals surface area (Å²) in [5.41, 5.74) is 0.464. The molecule has 40 heavy (non-hydrogen) atoms. The molecule has 5 rings (SSSR count). The topological polar surface area (TPSA) is 44.2 Å². The highest BCUT2D eigenvalue weighted by atomic mass is 28.3. The van der Waals surface area contributed by atoms with Crippen molar-refractivity contribution in [2.45, 2.75) is 52.6 Å². The van der Waals surface area contributed by atoms with Crippen LogP contribution in [0.4, 0.5) is 8.78 Å². The molecule has 1 unspecified atom stereocenters. The van der Waals surface area contributed by atoms with Gasteiger partial charge in [-0.25, -0.2) is 18.7 Å². The van der Waals surface area contributed by atoms with Crippen molar-refractivity contribution in [2.75, 3.05) is 6.61 Å². The third-order valence-electron chi connectivity index (χ3n) is 7.82. The zero-order valence-electron chi connectivity index (χ0n) is 23.7. The third-order valence-corrected chi connectivity index (χ3v) is 10.4. The van der Waals surface area contributed by atoms with Gasteiger partial charge < -0.3 is 9.16 Å². The van der Waals surface area contributed by atoms with Crippen LogP contribution in [0.15, 0.2) is 85.1 Å². The lowest BCUT2D eigenvalue weighted by atomic mass is 9.81. The fourth-order valence-corrected chi connectivity index (χ4v) is 8.46. The van der Waals surface area contributed by atoms with Crippen molar-refractivity contribution >= 4 is 19.4 Å². The highest BCUT2D eigenvalue weighted by Crippen LogP contribution is 2.59. The molecule has 1 saturated carbocycles. The fraction of sp³-hybridized carbons (Fsp3) is 0.333. The van der Waals surface area contributed by atoms with Crippen molar-refractivity contribution in [3.8, 4) is 5.75 Å². The molecule has 0 amide bonds. The van der Waals surface area contributed by atoms with E-state index < -0.39 is 26.1 Å². The van der Waals surface area contributed by atoms with Crippen LogP contribution in [0.1, 0.15) is 44.3 Å². The molecule has 1 aliphatic carbocycles. The van der Waals surface area contributed by atoms with Crippen LogP contribution in [0.25, 0.3) is 0 Å². The van der Waals surface area contributed by atoms with E-state index in [4.69, 9.17) is 9.16 Å². The summed E-state index contributed by atoms with van der Waals surface area (Å²) in [5.74, 6) is 0.0345. The molecule has 3 aromatic carbocycles. The zero-order valence-corrected chi connectivity index (χ0v) is 24.9. The molecule has 1 heterocycles. The Morgan fingerprint density at radius 2 is 1.50 bits per heavy atom. The number of rotatable bonds is 9. The third kappa shape index (κ3) is 6.00. The van der Waals surface area contributed by atoms with Crippen LogP contribution in [0.2, 0.25) is 0 Å². The maximum Gasteiger partial charge on any atom is 0.240 e. The van der Waals surface area contributed by atoms with Crippen LogP contribution >= 0.6 is 0 Å². The molecule has 7 heteroatoms. The Bertz CT molecular complexity index is 1400.